The minimum atomic E-state index is 0.0491. The van der Waals surface area contributed by atoms with Crippen molar-refractivity contribution in [2.45, 2.75) is 58.9 Å². The molecule has 1 saturated carbocycles. The van der Waals surface area contributed by atoms with Crippen molar-refractivity contribution in [3.63, 3.8) is 0 Å². The second-order valence-corrected chi connectivity index (χ2v) is 5.68. The van der Waals surface area contributed by atoms with Crippen LogP contribution in [0.1, 0.15) is 52.9 Å². The van der Waals surface area contributed by atoms with Crippen molar-refractivity contribution < 1.29 is 5.11 Å². The van der Waals surface area contributed by atoms with Gasteiger partial charge >= 0.3 is 0 Å². The normalized spacial score (nSPS) is 19.8. The highest BCUT2D eigenvalue weighted by Gasteiger charge is 2.26. The molecule has 0 amide bonds. The number of nitrogens with zero attached hydrogens (tertiary/aromatic N) is 1. The van der Waals surface area contributed by atoms with Crippen molar-refractivity contribution in [2.24, 2.45) is 5.41 Å². The second kappa shape index (κ2) is 5.86. The molecule has 0 saturated heterocycles. The molecule has 2 nitrogen and oxygen atoms in total. The van der Waals surface area contributed by atoms with Gasteiger partial charge in [0.15, 0.2) is 0 Å². The van der Waals surface area contributed by atoms with E-state index in [0.29, 0.717) is 0 Å². The van der Waals surface area contributed by atoms with Crippen LogP contribution in [0.3, 0.4) is 0 Å². The van der Waals surface area contributed by atoms with Crippen molar-refractivity contribution in [3.8, 4) is 0 Å². The summed E-state index contributed by atoms with van der Waals surface area (Å²) in [6.07, 6.45) is 6.91. The maximum absolute atomic E-state index is 9.31. The molecule has 0 unspecified atom stereocenters. The standard InChI is InChI=1S/C13H27NO/c1-4-14(10-13(2,3)11-15)12-8-6-5-7-9-12/h12,15H,4-11H2,1-3H3. The van der Waals surface area contributed by atoms with Crippen LogP contribution in [-0.4, -0.2) is 35.7 Å². The lowest BCUT2D eigenvalue weighted by Crippen LogP contribution is -2.43. The fraction of sp³-hybridized carbons (Fsp3) is 1.00. The molecule has 90 valence electrons. The van der Waals surface area contributed by atoms with Gasteiger partial charge in [-0.1, -0.05) is 40.0 Å². The molecule has 0 aromatic heterocycles. The fourth-order valence-electron chi connectivity index (χ4n) is 2.55. The van der Waals surface area contributed by atoms with Gasteiger partial charge < -0.3 is 10.0 Å². The Bertz CT molecular complexity index is 173. The number of hydrogen-bond donors (Lipinski definition) is 1. The fourth-order valence-corrected chi connectivity index (χ4v) is 2.55. The summed E-state index contributed by atoms with van der Waals surface area (Å²) in [4.78, 5) is 2.56. The molecule has 0 atom stereocenters. The molecule has 1 rings (SSSR count). The van der Waals surface area contributed by atoms with E-state index in [1.807, 2.05) is 0 Å². The van der Waals surface area contributed by atoms with Gasteiger partial charge in [-0.25, -0.2) is 0 Å². The van der Waals surface area contributed by atoms with E-state index in [0.717, 1.165) is 19.1 Å². The van der Waals surface area contributed by atoms with Crippen molar-refractivity contribution in [1.29, 1.82) is 0 Å². The first-order valence-corrected chi connectivity index (χ1v) is 6.44. The molecule has 15 heavy (non-hydrogen) atoms. The van der Waals surface area contributed by atoms with Crippen LogP contribution in [0.25, 0.3) is 0 Å². The van der Waals surface area contributed by atoms with Crippen LogP contribution in [0.15, 0.2) is 0 Å². The van der Waals surface area contributed by atoms with E-state index >= 15 is 0 Å². The summed E-state index contributed by atoms with van der Waals surface area (Å²) in [6, 6.07) is 0.773. The first-order valence-electron chi connectivity index (χ1n) is 6.44. The second-order valence-electron chi connectivity index (χ2n) is 5.68. The van der Waals surface area contributed by atoms with Crippen molar-refractivity contribution in [3.05, 3.63) is 0 Å². The van der Waals surface area contributed by atoms with Crippen molar-refractivity contribution in [1.82, 2.24) is 4.90 Å². The molecule has 1 aliphatic carbocycles. The van der Waals surface area contributed by atoms with E-state index in [-0.39, 0.29) is 12.0 Å². The van der Waals surface area contributed by atoms with E-state index in [2.05, 4.69) is 25.7 Å². The largest absolute Gasteiger partial charge is 0.396 e. The van der Waals surface area contributed by atoms with Gasteiger partial charge in [0.1, 0.15) is 0 Å². The Morgan fingerprint density at radius 2 is 1.80 bits per heavy atom. The van der Waals surface area contributed by atoms with E-state index in [9.17, 15) is 5.11 Å². The lowest BCUT2D eigenvalue weighted by molar-refractivity contribution is 0.0693. The minimum Gasteiger partial charge on any atom is -0.396 e. The van der Waals surface area contributed by atoms with Crippen LogP contribution in [0.2, 0.25) is 0 Å². The zero-order chi connectivity index (χ0) is 11.3. The topological polar surface area (TPSA) is 23.5 Å². The van der Waals surface area contributed by atoms with Gasteiger partial charge in [-0.15, -0.1) is 0 Å². The number of rotatable bonds is 5. The minimum absolute atomic E-state index is 0.0491. The lowest BCUT2D eigenvalue weighted by Gasteiger charge is -2.38. The summed E-state index contributed by atoms with van der Waals surface area (Å²) in [5.41, 5.74) is 0.0491. The first-order chi connectivity index (χ1) is 7.09. The van der Waals surface area contributed by atoms with Gasteiger partial charge in [0.2, 0.25) is 0 Å². The molecule has 2 heteroatoms. The summed E-state index contributed by atoms with van der Waals surface area (Å²) < 4.78 is 0. The predicted molar refractivity (Wildman–Crippen MR) is 65.0 cm³/mol. The zero-order valence-corrected chi connectivity index (χ0v) is 10.6. The van der Waals surface area contributed by atoms with Crippen molar-refractivity contribution in [2.75, 3.05) is 19.7 Å². The summed E-state index contributed by atoms with van der Waals surface area (Å²) in [5, 5.41) is 9.31. The summed E-state index contributed by atoms with van der Waals surface area (Å²) in [6.45, 7) is 8.98. The lowest BCUT2D eigenvalue weighted by atomic mass is 9.89. The van der Waals surface area contributed by atoms with E-state index in [1.54, 1.807) is 0 Å². The monoisotopic (exact) mass is 213 g/mol. The molecule has 1 aliphatic rings. The maximum Gasteiger partial charge on any atom is 0.0494 e. The van der Waals surface area contributed by atoms with Crippen LogP contribution >= 0.6 is 0 Å². The quantitative estimate of drug-likeness (QED) is 0.759. The van der Waals surface area contributed by atoms with Gasteiger partial charge in [0.05, 0.1) is 0 Å². The summed E-state index contributed by atoms with van der Waals surface area (Å²) in [5.74, 6) is 0. The molecular formula is C13H27NO. The average molecular weight is 213 g/mol. The van der Waals surface area contributed by atoms with Crippen LogP contribution in [-0.2, 0) is 0 Å². The van der Waals surface area contributed by atoms with E-state index in [1.165, 1.54) is 32.1 Å². The Hall–Kier alpha value is -0.0800. The molecule has 0 aromatic rings. The predicted octanol–water partition coefficient (Wildman–Crippen LogP) is 2.66. The van der Waals surface area contributed by atoms with Crippen LogP contribution in [0, 0.1) is 5.41 Å². The van der Waals surface area contributed by atoms with Crippen LogP contribution < -0.4 is 0 Å². The zero-order valence-electron chi connectivity index (χ0n) is 10.6. The Kier molecular flexibility index (Phi) is 5.07. The molecule has 0 aromatic carbocycles. The Balaban J connectivity index is 2.46. The van der Waals surface area contributed by atoms with Gasteiger partial charge in [-0.05, 0) is 19.4 Å². The smallest absolute Gasteiger partial charge is 0.0494 e. The van der Waals surface area contributed by atoms with E-state index in [4.69, 9.17) is 0 Å². The number of aliphatic hydroxyl groups excluding tert-OH is 1. The maximum atomic E-state index is 9.31. The molecule has 1 fully saturated rings. The molecule has 0 heterocycles. The Morgan fingerprint density at radius 1 is 1.20 bits per heavy atom. The number of aliphatic hydroxyl groups is 1. The molecule has 1 N–H and O–H groups in total. The van der Waals surface area contributed by atoms with Gasteiger partial charge in [-0.3, -0.25) is 0 Å². The molecule has 0 spiro atoms. The summed E-state index contributed by atoms with van der Waals surface area (Å²) >= 11 is 0. The highest BCUT2D eigenvalue weighted by atomic mass is 16.3. The van der Waals surface area contributed by atoms with Crippen molar-refractivity contribution >= 4 is 0 Å². The first kappa shape index (κ1) is 13.0. The molecule has 0 radical (unpaired) electrons. The van der Waals surface area contributed by atoms with Crippen LogP contribution in [0.5, 0.6) is 0 Å². The third-order valence-corrected chi connectivity index (χ3v) is 3.56. The molecule has 0 bridgehead atoms. The molecular weight excluding hydrogens is 186 g/mol. The van der Waals surface area contributed by atoms with Crippen LogP contribution in [0.4, 0.5) is 0 Å². The Morgan fingerprint density at radius 3 is 2.27 bits per heavy atom. The highest BCUT2D eigenvalue weighted by molar-refractivity contribution is 4.80. The SMILES string of the molecule is CCN(CC(C)(C)CO)C1CCCCC1. The van der Waals surface area contributed by atoms with Gasteiger partial charge in [0.25, 0.3) is 0 Å². The number of hydrogen-bond acceptors (Lipinski definition) is 2. The Labute approximate surface area is 94.7 Å². The molecule has 0 aliphatic heterocycles. The van der Waals surface area contributed by atoms with Gasteiger partial charge in [-0.2, -0.15) is 0 Å². The van der Waals surface area contributed by atoms with E-state index < -0.39 is 0 Å². The van der Waals surface area contributed by atoms with Gasteiger partial charge in [0, 0.05) is 24.6 Å². The summed E-state index contributed by atoms with van der Waals surface area (Å²) in [7, 11) is 0. The highest BCUT2D eigenvalue weighted by Crippen LogP contribution is 2.25. The average Bonchev–Trinajstić information content (AvgIpc) is 2.27. The third-order valence-electron chi connectivity index (χ3n) is 3.56. The third kappa shape index (κ3) is 4.12.